The number of aryl methyl sites for hydroxylation is 1. The quantitative estimate of drug-likeness (QED) is 0.850. The number of aromatic nitrogens is 2. The maximum Gasteiger partial charge on any atom is 0.240 e. The van der Waals surface area contributed by atoms with Crippen LogP contribution in [0.5, 0.6) is 0 Å². The molecule has 0 atom stereocenters. The van der Waals surface area contributed by atoms with E-state index in [0.717, 1.165) is 38.2 Å². The molecule has 0 unspecified atom stereocenters. The van der Waals surface area contributed by atoms with Crippen LogP contribution in [-0.2, 0) is 17.8 Å². The summed E-state index contributed by atoms with van der Waals surface area (Å²) in [6.07, 6.45) is 1.96. The standard InChI is InChI=1S/C16H20FN3O2/c1-12-18-16(22-19-12)11-20(15-6-8-21-9-7-15)10-13-2-4-14(17)5-3-13/h2-5,15H,6-11H2,1H3. The second kappa shape index (κ2) is 6.98. The van der Waals surface area contributed by atoms with Gasteiger partial charge in [0.1, 0.15) is 5.82 Å². The van der Waals surface area contributed by atoms with E-state index in [2.05, 4.69) is 15.0 Å². The van der Waals surface area contributed by atoms with Crippen molar-refractivity contribution in [2.75, 3.05) is 13.2 Å². The summed E-state index contributed by atoms with van der Waals surface area (Å²) in [4.78, 5) is 6.60. The van der Waals surface area contributed by atoms with Crippen molar-refractivity contribution in [2.45, 2.75) is 38.9 Å². The van der Waals surface area contributed by atoms with E-state index in [-0.39, 0.29) is 5.82 Å². The molecule has 0 aliphatic carbocycles. The lowest BCUT2D eigenvalue weighted by Gasteiger charge is -2.33. The molecule has 0 spiro atoms. The highest BCUT2D eigenvalue weighted by Crippen LogP contribution is 2.20. The molecule has 118 valence electrons. The number of hydrogen-bond acceptors (Lipinski definition) is 5. The van der Waals surface area contributed by atoms with Crippen LogP contribution in [0.4, 0.5) is 4.39 Å². The molecule has 0 bridgehead atoms. The first-order valence-electron chi connectivity index (χ1n) is 7.56. The van der Waals surface area contributed by atoms with Gasteiger partial charge in [0, 0.05) is 25.8 Å². The fourth-order valence-corrected chi connectivity index (χ4v) is 2.77. The summed E-state index contributed by atoms with van der Waals surface area (Å²) in [6, 6.07) is 7.04. The van der Waals surface area contributed by atoms with Gasteiger partial charge in [-0.05, 0) is 37.5 Å². The summed E-state index contributed by atoms with van der Waals surface area (Å²) < 4.78 is 23.8. The number of halogens is 1. The first-order valence-corrected chi connectivity index (χ1v) is 7.56. The van der Waals surface area contributed by atoms with Gasteiger partial charge in [-0.1, -0.05) is 17.3 Å². The third kappa shape index (κ3) is 3.90. The zero-order chi connectivity index (χ0) is 15.4. The van der Waals surface area contributed by atoms with Crippen LogP contribution in [0.15, 0.2) is 28.8 Å². The molecule has 2 aromatic rings. The summed E-state index contributed by atoms with van der Waals surface area (Å²) >= 11 is 0. The Balaban J connectivity index is 1.73. The molecule has 0 radical (unpaired) electrons. The van der Waals surface area contributed by atoms with Crippen LogP contribution in [0.3, 0.4) is 0 Å². The molecule has 6 heteroatoms. The molecular formula is C16H20FN3O2. The normalized spacial score (nSPS) is 16.3. The number of hydrogen-bond donors (Lipinski definition) is 0. The monoisotopic (exact) mass is 305 g/mol. The minimum atomic E-state index is -0.214. The molecule has 0 saturated carbocycles. The van der Waals surface area contributed by atoms with Crippen LogP contribution >= 0.6 is 0 Å². The van der Waals surface area contributed by atoms with E-state index in [1.807, 2.05) is 19.1 Å². The van der Waals surface area contributed by atoms with Crippen molar-refractivity contribution in [1.29, 1.82) is 0 Å². The Morgan fingerprint density at radius 2 is 1.91 bits per heavy atom. The lowest BCUT2D eigenvalue weighted by atomic mass is 10.1. The van der Waals surface area contributed by atoms with Gasteiger partial charge in [-0.2, -0.15) is 4.98 Å². The Labute approximate surface area is 129 Å². The molecule has 1 aliphatic heterocycles. The first kappa shape index (κ1) is 15.1. The van der Waals surface area contributed by atoms with Gasteiger partial charge in [0.2, 0.25) is 5.89 Å². The molecule has 1 fully saturated rings. The second-order valence-electron chi connectivity index (χ2n) is 5.61. The summed E-state index contributed by atoms with van der Waals surface area (Å²) in [5, 5.41) is 3.85. The van der Waals surface area contributed by atoms with Gasteiger partial charge in [0.05, 0.1) is 6.54 Å². The van der Waals surface area contributed by atoms with Crippen LogP contribution in [0, 0.1) is 12.7 Å². The van der Waals surface area contributed by atoms with E-state index in [1.165, 1.54) is 12.1 Å². The van der Waals surface area contributed by atoms with Crippen LogP contribution in [0.1, 0.15) is 30.1 Å². The molecule has 0 N–H and O–H groups in total. The largest absolute Gasteiger partial charge is 0.381 e. The molecular weight excluding hydrogens is 285 g/mol. The highest BCUT2D eigenvalue weighted by Gasteiger charge is 2.23. The highest BCUT2D eigenvalue weighted by atomic mass is 19.1. The van der Waals surface area contributed by atoms with E-state index >= 15 is 0 Å². The van der Waals surface area contributed by atoms with Gasteiger partial charge >= 0.3 is 0 Å². The van der Waals surface area contributed by atoms with Gasteiger partial charge in [0.15, 0.2) is 5.82 Å². The van der Waals surface area contributed by atoms with Crippen LogP contribution in [0.2, 0.25) is 0 Å². The Kier molecular flexibility index (Phi) is 4.80. The smallest absolute Gasteiger partial charge is 0.240 e. The summed E-state index contributed by atoms with van der Waals surface area (Å²) in [5.74, 6) is 1.05. The third-order valence-corrected chi connectivity index (χ3v) is 3.91. The third-order valence-electron chi connectivity index (χ3n) is 3.91. The topological polar surface area (TPSA) is 51.4 Å². The van der Waals surface area contributed by atoms with Crippen molar-refractivity contribution >= 4 is 0 Å². The molecule has 1 aromatic heterocycles. The second-order valence-corrected chi connectivity index (χ2v) is 5.61. The predicted molar refractivity (Wildman–Crippen MR) is 78.5 cm³/mol. The predicted octanol–water partition coefficient (Wildman–Crippen LogP) is 2.70. The van der Waals surface area contributed by atoms with E-state index in [9.17, 15) is 4.39 Å². The SMILES string of the molecule is Cc1noc(CN(Cc2ccc(F)cc2)C2CCOCC2)n1. The molecule has 1 aliphatic rings. The van der Waals surface area contributed by atoms with Gasteiger partial charge < -0.3 is 9.26 Å². The van der Waals surface area contributed by atoms with Crippen molar-refractivity contribution < 1.29 is 13.7 Å². The van der Waals surface area contributed by atoms with Gasteiger partial charge in [-0.15, -0.1) is 0 Å². The maximum atomic E-state index is 13.1. The summed E-state index contributed by atoms with van der Waals surface area (Å²) in [7, 11) is 0. The lowest BCUT2D eigenvalue weighted by Crippen LogP contribution is -2.38. The van der Waals surface area contributed by atoms with Crippen LogP contribution < -0.4 is 0 Å². The van der Waals surface area contributed by atoms with E-state index in [0.29, 0.717) is 24.3 Å². The fourth-order valence-electron chi connectivity index (χ4n) is 2.77. The Morgan fingerprint density at radius 3 is 2.55 bits per heavy atom. The fraction of sp³-hybridized carbons (Fsp3) is 0.500. The van der Waals surface area contributed by atoms with Crippen molar-refractivity contribution in [3.63, 3.8) is 0 Å². The van der Waals surface area contributed by atoms with Crippen LogP contribution in [-0.4, -0.2) is 34.3 Å². The van der Waals surface area contributed by atoms with E-state index in [1.54, 1.807) is 0 Å². The molecule has 3 rings (SSSR count). The maximum absolute atomic E-state index is 13.1. The Bertz CT molecular complexity index is 594. The van der Waals surface area contributed by atoms with E-state index < -0.39 is 0 Å². The molecule has 0 amide bonds. The number of nitrogens with zero attached hydrogens (tertiary/aromatic N) is 3. The minimum absolute atomic E-state index is 0.214. The first-order chi connectivity index (χ1) is 10.7. The van der Waals surface area contributed by atoms with Crippen LogP contribution in [0.25, 0.3) is 0 Å². The van der Waals surface area contributed by atoms with Crippen molar-refractivity contribution in [1.82, 2.24) is 15.0 Å². The van der Waals surface area contributed by atoms with Crippen molar-refractivity contribution in [3.05, 3.63) is 47.4 Å². The summed E-state index contributed by atoms with van der Waals surface area (Å²) in [6.45, 7) is 4.68. The Morgan fingerprint density at radius 1 is 1.18 bits per heavy atom. The van der Waals surface area contributed by atoms with Gasteiger partial charge in [0.25, 0.3) is 0 Å². The summed E-state index contributed by atoms with van der Waals surface area (Å²) in [5.41, 5.74) is 1.07. The molecule has 22 heavy (non-hydrogen) atoms. The average molecular weight is 305 g/mol. The minimum Gasteiger partial charge on any atom is -0.381 e. The molecule has 2 heterocycles. The molecule has 1 saturated heterocycles. The molecule has 1 aromatic carbocycles. The van der Waals surface area contributed by atoms with Gasteiger partial charge in [-0.3, -0.25) is 4.90 Å². The molecule has 5 nitrogen and oxygen atoms in total. The number of benzene rings is 1. The zero-order valence-corrected chi connectivity index (χ0v) is 12.7. The van der Waals surface area contributed by atoms with Crippen molar-refractivity contribution in [2.24, 2.45) is 0 Å². The Hall–Kier alpha value is -1.79. The van der Waals surface area contributed by atoms with Gasteiger partial charge in [-0.25, -0.2) is 4.39 Å². The lowest BCUT2D eigenvalue weighted by molar-refractivity contribution is 0.0239. The zero-order valence-electron chi connectivity index (χ0n) is 12.7. The highest BCUT2D eigenvalue weighted by molar-refractivity contribution is 5.16. The van der Waals surface area contributed by atoms with Crippen molar-refractivity contribution in [3.8, 4) is 0 Å². The average Bonchev–Trinajstić information content (AvgIpc) is 2.95. The number of ether oxygens (including phenoxy) is 1. The number of rotatable bonds is 5. The van der Waals surface area contributed by atoms with E-state index in [4.69, 9.17) is 9.26 Å².